The largest absolute Gasteiger partial charge is 0.450 e. The first kappa shape index (κ1) is 20.2. The Morgan fingerprint density at radius 1 is 1.23 bits per heavy atom. The summed E-state index contributed by atoms with van der Waals surface area (Å²) in [5.41, 5.74) is 1.13. The number of carbonyl (C=O) groups is 1. The van der Waals surface area contributed by atoms with E-state index in [2.05, 4.69) is 20.4 Å². The molecule has 152 valence electrons. The summed E-state index contributed by atoms with van der Waals surface area (Å²) in [5, 5.41) is 22.0. The Balaban J connectivity index is 1.41. The van der Waals surface area contributed by atoms with E-state index in [-0.39, 0.29) is 5.57 Å². The molecular weight excluding hydrogens is 418 g/mol. The minimum absolute atomic E-state index is 0.0610. The van der Waals surface area contributed by atoms with Crippen LogP contribution in [0.3, 0.4) is 0 Å². The van der Waals surface area contributed by atoms with Gasteiger partial charge in [0.05, 0.1) is 0 Å². The molecule has 0 unspecified atom stereocenters. The van der Waals surface area contributed by atoms with Crippen molar-refractivity contribution in [2.24, 2.45) is 0 Å². The molecule has 1 aromatic carbocycles. The van der Waals surface area contributed by atoms with Crippen molar-refractivity contribution in [1.82, 2.24) is 10.2 Å². The van der Waals surface area contributed by atoms with Crippen molar-refractivity contribution >= 4 is 45.3 Å². The Kier molecular flexibility index (Phi) is 6.16. The van der Waals surface area contributed by atoms with Gasteiger partial charge in [0.2, 0.25) is 10.3 Å². The normalized spacial score (nSPS) is 14.0. The number of aryl methyl sites for hydroxylation is 1. The minimum atomic E-state index is -0.536. The van der Waals surface area contributed by atoms with Crippen molar-refractivity contribution in [3.8, 4) is 6.07 Å². The maximum absolute atomic E-state index is 12.5. The van der Waals surface area contributed by atoms with Crippen LogP contribution in [0.1, 0.15) is 24.2 Å². The fourth-order valence-electron chi connectivity index (χ4n) is 2.95. The summed E-state index contributed by atoms with van der Waals surface area (Å²) >= 11 is 2.78. The summed E-state index contributed by atoms with van der Waals surface area (Å²) in [5.74, 6) is -0.0999. The third-order valence-corrected chi connectivity index (χ3v) is 6.33. The second kappa shape index (κ2) is 9.15. The maximum atomic E-state index is 12.5. The molecule has 0 aliphatic carbocycles. The number of hydrogen-bond acceptors (Lipinski definition) is 8. The molecule has 7 nitrogen and oxygen atoms in total. The molecule has 1 fully saturated rings. The van der Waals surface area contributed by atoms with E-state index in [0.717, 1.165) is 36.0 Å². The first-order valence-electron chi connectivity index (χ1n) is 9.47. The molecule has 1 saturated heterocycles. The molecule has 0 spiro atoms. The van der Waals surface area contributed by atoms with Gasteiger partial charge in [-0.15, -0.1) is 10.2 Å². The quantitative estimate of drug-likeness (QED) is 0.440. The second-order valence-corrected chi connectivity index (χ2v) is 8.81. The average molecular weight is 438 g/mol. The highest BCUT2D eigenvalue weighted by Crippen LogP contribution is 2.30. The molecule has 30 heavy (non-hydrogen) atoms. The first-order valence-corrected chi connectivity index (χ1v) is 11.1. The Morgan fingerprint density at radius 3 is 2.73 bits per heavy atom. The van der Waals surface area contributed by atoms with Crippen LogP contribution in [0.2, 0.25) is 0 Å². The number of anilines is 2. The molecule has 4 rings (SSSR count). The van der Waals surface area contributed by atoms with Gasteiger partial charge in [-0.3, -0.25) is 10.1 Å². The molecule has 2 aromatic heterocycles. The van der Waals surface area contributed by atoms with E-state index in [1.165, 1.54) is 34.7 Å². The Labute approximate surface area is 182 Å². The number of nitrogens with one attached hydrogen (secondary N) is 1. The predicted octanol–water partition coefficient (Wildman–Crippen LogP) is 4.74. The highest BCUT2D eigenvalue weighted by molar-refractivity contribution is 7.99. The smallest absolute Gasteiger partial charge is 0.268 e. The number of rotatable bonds is 6. The van der Waals surface area contributed by atoms with Crippen molar-refractivity contribution < 1.29 is 9.21 Å². The zero-order chi connectivity index (χ0) is 20.9. The van der Waals surface area contributed by atoms with Crippen LogP contribution in [0.4, 0.5) is 10.3 Å². The second-order valence-electron chi connectivity index (χ2n) is 6.78. The van der Waals surface area contributed by atoms with Gasteiger partial charge in [-0.2, -0.15) is 5.26 Å². The van der Waals surface area contributed by atoms with Crippen molar-refractivity contribution in [3.05, 3.63) is 53.3 Å². The van der Waals surface area contributed by atoms with Crippen LogP contribution in [0, 0.1) is 18.3 Å². The van der Waals surface area contributed by atoms with E-state index < -0.39 is 5.91 Å². The van der Waals surface area contributed by atoms with E-state index in [1.54, 1.807) is 6.07 Å². The summed E-state index contributed by atoms with van der Waals surface area (Å²) < 4.78 is 5.75. The van der Waals surface area contributed by atoms with Crippen LogP contribution in [-0.4, -0.2) is 29.2 Å². The predicted molar refractivity (Wildman–Crippen MR) is 118 cm³/mol. The van der Waals surface area contributed by atoms with Crippen LogP contribution in [0.25, 0.3) is 6.08 Å². The number of benzene rings is 1. The van der Waals surface area contributed by atoms with Crippen LogP contribution in [0.15, 0.2) is 56.4 Å². The number of amides is 1. The van der Waals surface area contributed by atoms with Crippen molar-refractivity contribution in [1.29, 1.82) is 5.26 Å². The van der Waals surface area contributed by atoms with E-state index in [9.17, 15) is 10.1 Å². The number of aromatic nitrogens is 2. The third-order valence-electron chi connectivity index (χ3n) is 4.50. The van der Waals surface area contributed by atoms with Gasteiger partial charge in [0.15, 0.2) is 5.09 Å². The van der Waals surface area contributed by atoms with E-state index in [4.69, 9.17) is 4.42 Å². The van der Waals surface area contributed by atoms with E-state index in [1.807, 2.05) is 43.3 Å². The molecule has 0 saturated carbocycles. The fraction of sp³-hybridized carbons (Fsp3) is 0.238. The summed E-state index contributed by atoms with van der Waals surface area (Å²) in [6.07, 6.45) is 3.70. The van der Waals surface area contributed by atoms with Gasteiger partial charge in [-0.25, -0.2) is 0 Å². The Hall–Kier alpha value is -3.09. The number of nitriles is 1. The summed E-state index contributed by atoms with van der Waals surface area (Å²) in [6, 6.07) is 13.6. The van der Waals surface area contributed by atoms with E-state index in [0.29, 0.717) is 16.0 Å². The average Bonchev–Trinajstić information content (AvgIpc) is 3.50. The summed E-state index contributed by atoms with van der Waals surface area (Å²) in [4.78, 5) is 15.7. The number of hydrogen-bond donors (Lipinski definition) is 1. The molecule has 0 atom stereocenters. The first-order chi connectivity index (χ1) is 14.6. The molecule has 1 aliphatic rings. The molecule has 9 heteroatoms. The van der Waals surface area contributed by atoms with Crippen molar-refractivity contribution in [2.45, 2.75) is 29.8 Å². The lowest BCUT2D eigenvalue weighted by molar-refractivity contribution is -0.112. The van der Waals surface area contributed by atoms with Gasteiger partial charge in [0.1, 0.15) is 17.4 Å². The molecule has 0 bridgehead atoms. The van der Waals surface area contributed by atoms with Crippen molar-refractivity contribution in [2.75, 3.05) is 23.3 Å². The lowest BCUT2D eigenvalue weighted by Crippen LogP contribution is -2.17. The summed E-state index contributed by atoms with van der Waals surface area (Å²) in [6.45, 7) is 3.94. The number of nitrogens with zero attached hydrogens (tertiary/aromatic N) is 4. The van der Waals surface area contributed by atoms with Gasteiger partial charge >= 0.3 is 0 Å². The van der Waals surface area contributed by atoms with Crippen LogP contribution >= 0.6 is 23.1 Å². The van der Waals surface area contributed by atoms with Gasteiger partial charge in [-0.1, -0.05) is 40.8 Å². The van der Waals surface area contributed by atoms with Gasteiger partial charge in [0.25, 0.3) is 5.91 Å². The van der Waals surface area contributed by atoms with Gasteiger partial charge in [-0.05, 0) is 44.0 Å². The number of carbonyl (C=O) groups excluding carboxylic acids is 1. The zero-order valence-corrected chi connectivity index (χ0v) is 17.9. The van der Waals surface area contributed by atoms with Gasteiger partial charge < -0.3 is 9.32 Å². The third kappa shape index (κ3) is 4.90. The SMILES string of the molecule is Cc1ccc(Sc2ccc(/C=C(/C#N)C(=O)Nc3nnc(N4CCCC4)s3)o2)cc1. The fourth-order valence-corrected chi connectivity index (χ4v) is 4.52. The van der Waals surface area contributed by atoms with Crippen LogP contribution in [-0.2, 0) is 4.79 Å². The number of furan rings is 1. The molecule has 3 heterocycles. The Bertz CT molecular complexity index is 1110. The minimum Gasteiger partial charge on any atom is -0.450 e. The summed E-state index contributed by atoms with van der Waals surface area (Å²) in [7, 11) is 0. The van der Waals surface area contributed by atoms with Gasteiger partial charge in [0, 0.05) is 24.1 Å². The maximum Gasteiger partial charge on any atom is 0.268 e. The standard InChI is InChI=1S/C21H19N5O2S2/c1-14-4-7-17(8-5-14)29-18-9-6-16(28-18)12-15(13-22)19(27)23-20-24-25-21(30-20)26-10-2-3-11-26/h4-9,12H,2-3,10-11H2,1H3,(H,23,24,27)/b15-12-. The molecule has 3 aromatic rings. The topological polar surface area (TPSA) is 95.0 Å². The Morgan fingerprint density at radius 2 is 2.00 bits per heavy atom. The molecule has 1 N–H and O–H groups in total. The van der Waals surface area contributed by atoms with Crippen LogP contribution < -0.4 is 10.2 Å². The molecule has 0 radical (unpaired) electrons. The molecule has 1 amide bonds. The lowest BCUT2D eigenvalue weighted by Gasteiger charge is -2.10. The highest BCUT2D eigenvalue weighted by Gasteiger charge is 2.19. The molecular formula is C21H19N5O2S2. The van der Waals surface area contributed by atoms with Crippen LogP contribution in [0.5, 0.6) is 0 Å². The molecule has 1 aliphatic heterocycles. The van der Waals surface area contributed by atoms with E-state index >= 15 is 0 Å². The highest BCUT2D eigenvalue weighted by atomic mass is 32.2. The zero-order valence-electron chi connectivity index (χ0n) is 16.3. The monoisotopic (exact) mass is 437 g/mol. The van der Waals surface area contributed by atoms with Crippen molar-refractivity contribution in [3.63, 3.8) is 0 Å². The lowest BCUT2D eigenvalue weighted by atomic mass is 10.2.